The third-order valence-electron chi connectivity index (χ3n) is 3.39. The van der Waals surface area contributed by atoms with Gasteiger partial charge in [-0.15, -0.1) is 18.3 Å². The standard InChI is InChI=1S/C20H23NO2S/c1-4-13-24-19-8-6-5-7-18(19)20(22)21-16(3)14-23-17-11-9-15(2)10-12-17/h4-12,16H,1,13-14H2,2-3H3,(H,21,22). The van der Waals surface area contributed by atoms with E-state index in [1.807, 2.05) is 68.5 Å². The summed E-state index contributed by atoms with van der Waals surface area (Å²) >= 11 is 1.60. The van der Waals surface area contributed by atoms with Gasteiger partial charge in [0.15, 0.2) is 0 Å². The molecule has 2 aromatic carbocycles. The number of thioether (sulfide) groups is 1. The highest BCUT2D eigenvalue weighted by atomic mass is 32.2. The van der Waals surface area contributed by atoms with Crippen LogP contribution in [0.15, 0.2) is 66.1 Å². The maximum absolute atomic E-state index is 12.5. The van der Waals surface area contributed by atoms with Crippen molar-refractivity contribution in [3.63, 3.8) is 0 Å². The summed E-state index contributed by atoms with van der Waals surface area (Å²) < 4.78 is 5.72. The summed E-state index contributed by atoms with van der Waals surface area (Å²) in [6.45, 7) is 8.12. The first kappa shape index (κ1) is 18.1. The van der Waals surface area contributed by atoms with Gasteiger partial charge in [0.1, 0.15) is 12.4 Å². The maximum atomic E-state index is 12.5. The minimum absolute atomic E-state index is 0.0813. The quantitative estimate of drug-likeness (QED) is 0.569. The number of aryl methyl sites for hydroxylation is 1. The number of nitrogens with one attached hydrogen (secondary N) is 1. The van der Waals surface area contributed by atoms with E-state index in [4.69, 9.17) is 4.74 Å². The Morgan fingerprint density at radius 1 is 1.25 bits per heavy atom. The second kappa shape index (κ2) is 9.18. The first-order chi connectivity index (χ1) is 11.6. The van der Waals surface area contributed by atoms with Crippen molar-refractivity contribution in [1.29, 1.82) is 0 Å². The number of carbonyl (C=O) groups excluding carboxylic acids is 1. The van der Waals surface area contributed by atoms with Crippen LogP contribution in [-0.2, 0) is 0 Å². The van der Waals surface area contributed by atoms with E-state index in [2.05, 4.69) is 11.9 Å². The first-order valence-electron chi connectivity index (χ1n) is 7.93. The van der Waals surface area contributed by atoms with Gasteiger partial charge in [0.05, 0.1) is 11.6 Å². The van der Waals surface area contributed by atoms with E-state index in [0.717, 1.165) is 16.4 Å². The summed E-state index contributed by atoms with van der Waals surface area (Å²) in [5.74, 6) is 1.50. The van der Waals surface area contributed by atoms with Gasteiger partial charge >= 0.3 is 0 Å². The van der Waals surface area contributed by atoms with Gasteiger partial charge in [-0.3, -0.25) is 4.79 Å². The number of hydrogen-bond donors (Lipinski definition) is 1. The van der Waals surface area contributed by atoms with E-state index in [9.17, 15) is 4.79 Å². The van der Waals surface area contributed by atoms with E-state index in [1.54, 1.807) is 11.8 Å². The Morgan fingerprint density at radius 3 is 2.67 bits per heavy atom. The van der Waals surface area contributed by atoms with Gasteiger partial charge in [0, 0.05) is 10.6 Å². The van der Waals surface area contributed by atoms with Crippen molar-refractivity contribution in [3.05, 3.63) is 72.3 Å². The van der Waals surface area contributed by atoms with E-state index < -0.39 is 0 Å². The van der Waals surface area contributed by atoms with Gasteiger partial charge < -0.3 is 10.1 Å². The fourth-order valence-electron chi connectivity index (χ4n) is 2.13. The summed E-state index contributed by atoms with van der Waals surface area (Å²) in [7, 11) is 0. The normalized spacial score (nSPS) is 11.6. The molecule has 1 N–H and O–H groups in total. The smallest absolute Gasteiger partial charge is 0.252 e. The molecule has 0 saturated heterocycles. The van der Waals surface area contributed by atoms with Crippen molar-refractivity contribution in [2.75, 3.05) is 12.4 Å². The molecule has 0 fully saturated rings. The van der Waals surface area contributed by atoms with Crippen LogP contribution in [0.1, 0.15) is 22.8 Å². The minimum Gasteiger partial charge on any atom is -0.491 e. The summed E-state index contributed by atoms with van der Waals surface area (Å²) in [5, 5.41) is 2.99. The molecule has 0 radical (unpaired) electrons. The topological polar surface area (TPSA) is 38.3 Å². The average Bonchev–Trinajstić information content (AvgIpc) is 2.59. The summed E-state index contributed by atoms with van der Waals surface area (Å²) in [6.07, 6.45) is 1.83. The van der Waals surface area contributed by atoms with Crippen LogP contribution in [0.4, 0.5) is 0 Å². The summed E-state index contributed by atoms with van der Waals surface area (Å²) in [4.78, 5) is 13.4. The van der Waals surface area contributed by atoms with E-state index in [-0.39, 0.29) is 11.9 Å². The molecule has 4 heteroatoms. The average molecular weight is 341 g/mol. The fourth-order valence-corrected chi connectivity index (χ4v) is 2.92. The first-order valence-corrected chi connectivity index (χ1v) is 8.91. The summed E-state index contributed by atoms with van der Waals surface area (Å²) in [6, 6.07) is 15.4. The van der Waals surface area contributed by atoms with Gasteiger partial charge in [-0.1, -0.05) is 35.9 Å². The number of ether oxygens (including phenoxy) is 1. The van der Waals surface area contributed by atoms with Crippen molar-refractivity contribution in [2.45, 2.75) is 24.8 Å². The molecule has 3 nitrogen and oxygen atoms in total. The highest BCUT2D eigenvalue weighted by Crippen LogP contribution is 2.22. The molecular weight excluding hydrogens is 318 g/mol. The molecule has 1 atom stereocenters. The van der Waals surface area contributed by atoms with Crippen molar-refractivity contribution < 1.29 is 9.53 Å². The third-order valence-corrected chi connectivity index (χ3v) is 4.46. The molecular formula is C20H23NO2S. The molecule has 0 aliphatic rings. The Hall–Kier alpha value is -2.20. The van der Waals surface area contributed by atoms with Gasteiger partial charge in [-0.2, -0.15) is 0 Å². The van der Waals surface area contributed by atoms with E-state index in [1.165, 1.54) is 5.56 Å². The maximum Gasteiger partial charge on any atom is 0.252 e. The van der Waals surface area contributed by atoms with Gasteiger partial charge in [-0.05, 0) is 38.1 Å². The number of amides is 1. The molecule has 2 rings (SSSR count). The summed E-state index contributed by atoms with van der Waals surface area (Å²) in [5.41, 5.74) is 1.88. The van der Waals surface area contributed by atoms with Gasteiger partial charge in [-0.25, -0.2) is 0 Å². The molecule has 0 bridgehead atoms. The molecule has 0 heterocycles. The van der Waals surface area contributed by atoms with Crippen LogP contribution < -0.4 is 10.1 Å². The minimum atomic E-state index is -0.0868. The molecule has 0 saturated carbocycles. The molecule has 0 aliphatic heterocycles. The number of carbonyl (C=O) groups is 1. The van der Waals surface area contributed by atoms with Crippen LogP contribution in [0, 0.1) is 6.92 Å². The molecule has 1 unspecified atom stereocenters. The second-order valence-electron chi connectivity index (χ2n) is 5.59. The Kier molecular flexibility index (Phi) is 6.94. The third kappa shape index (κ3) is 5.46. The predicted octanol–water partition coefficient (Wildman–Crippen LogP) is 4.47. The van der Waals surface area contributed by atoms with E-state index in [0.29, 0.717) is 12.2 Å². The lowest BCUT2D eigenvalue weighted by molar-refractivity contribution is 0.0923. The molecule has 1 amide bonds. The Bertz CT molecular complexity index is 682. The van der Waals surface area contributed by atoms with Crippen molar-refractivity contribution >= 4 is 17.7 Å². The molecule has 0 spiro atoms. The van der Waals surface area contributed by atoms with Crippen LogP contribution in [0.25, 0.3) is 0 Å². The largest absolute Gasteiger partial charge is 0.491 e. The molecule has 0 aliphatic carbocycles. The predicted molar refractivity (Wildman–Crippen MR) is 101 cm³/mol. The number of rotatable bonds is 8. The molecule has 0 aromatic heterocycles. The fraction of sp³-hybridized carbons (Fsp3) is 0.250. The lowest BCUT2D eigenvalue weighted by Crippen LogP contribution is -2.37. The number of hydrogen-bond acceptors (Lipinski definition) is 3. The van der Waals surface area contributed by atoms with Crippen LogP contribution in [0.3, 0.4) is 0 Å². The highest BCUT2D eigenvalue weighted by Gasteiger charge is 2.14. The van der Waals surface area contributed by atoms with E-state index >= 15 is 0 Å². The lowest BCUT2D eigenvalue weighted by atomic mass is 10.2. The molecule has 24 heavy (non-hydrogen) atoms. The second-order valence-corrected chi connectivity index (χ2v) is 6.66. The monoisotopic (exact) mass is 341 g/mol. The van der Waals surface area contributed by atoms with Crippen molar-refractivity contribution in [1.82, 2.24) is 5.32 Å². The zero-order valence-electron chi connectivity index (χ0n) is 14.1. The van der Waals surface area contributed by atoms with Crippen LogP contribution in [0.5, 0.6) is 5.75 Å². The van der Waals surface area contributed by atoms with Crippen LogP contribution in [-0.4, -0.2) is 24.3 Å². The Labute approximate surface area is 148 Å². The lowest BCUT2D eigenvalue weighted by Gasteiger charge is -2.16. The van der Waals surface area contributed by atoms with Crippen molar-refractivity contribution in [2.24, 2.45) is 0 Å². The zero-order chi connectivity index (χ0) is 17.4. The SMILES string of the molecule is C=CCSc1ccccc1C(=O)NC(C)COc1ccc(C)cc1. The van der Waals surface area contributed by atoms with Crippen LogP contribution in [0.2, 0.25) is 0 Å². The number of benzene rings is 2. The zero-order valence-corrected chi connectivity index (χ0v) is 14.9. The van der Waals surface area contributed by atoms with Crippen LogP contribution >= 0.6 is 11.8 Å². The molecule has 2 aromatic rings. The highest BCUT2D eigenvalue weighted by molar-refractivity contribution is 7.99. The Balaban J connectivity index is 1.91. The van der Waals surface area contributed by atoms with Crippen molar-refractivity contribution in [3.8, 4) is 5.75 Å². The Morgan fingerprint density at radius 2 is 1.96 bits per heavy atom. The molecule has 126 valence electrons. The van der Waals surface area contributed by atoms with Gasteiger partial charge in [0.2, 0.25) is 0 Å². The van der Waals surface area contributed by atoms with Gasteiger partial charge in [0.25, 0.3) is 5.91 Å².